The molecule has 0 aliphatic carbocycles. The number of hydrogen-bond donors (Lipinski definition) is 0. The molecule has 10 rings (SSSR count). The molecule has 10 aromatic rings. The predicted molar refractivity (Wildman–Crippen MR) is 237 cm³/mol. The van der Waals surface area contributed by atoms with Gasteiger partial charge < -0.3 is 9.47 Å². The van der Waals surface area contributed by atoms with E-state index in [0.29, 0.717) is 0 Å². The van der Waals surface area contributed by atoms with E-state index >= 15 is 0 Å². The molecule has 0 saturated carbocycles. The highest BCUT2D eigenvalue weighted by atomic mass is 15.1. The van der Waals surface area contributed by atoms with E-state index in [2.05, 4.69) is 240 Å². The van der Waals surface area contributed by atoms with E-state index in [0.717, 1.165) is 33.9 Å². The summed E-state index contributed by atoms with van der Waals surface area (Å²) in [5.41, 5.74) is 16.4. The van der Waals surface area contributed by atoms with Crippen LogP contribution < -0.4 is 4.90 Å². The van der Waals surface area contributed by atoms with Crippen LogP contribution in [0.2, 0.25) is 0 Å². The minimum Gasteiger partial charge on any atom is -0.309 e. The van der Waals surface area contributed by atoms with Crippen LogP contribution in [-0.2, 0) is 0 Å². The van der Waals surface area contributed by atoms with Gasteiger partial charge in [0, 0.05) is 33.3 Å². The predicted octanol–water partition coefficient (Wildman–Crippen LogP) is 14.9. The Kier molecular flexibility index (Phi) is 8.55. The fourth-order valence-electron chi connectivity index (χ4n) is 8.24. The SMILES string of the molecule is c1ccc(-c2ccccc2-c2ccc(N(c3ccccc3-c3ccccc3)c3ccccc3-c3ccc(-n4c5ccccc5c5ccccc54)cc3)cc2)cc1. The summed E-state index contributed by atoms with van der Waals surface area (Å²) in [6.45, 7) is 0. The molecule has 0 amide bonds. The molecule has 1 heterocycles. The van der Waals surface area contributed by atoms with Crippen molar-refractivity contribution in [2.75, 3.05) is 4.90 Å². The fourth-order valence-corrected chi connectivity index (χ4v) is 8.24. The Hall–Kier alpha value is -7.42. The zero-order valence-corrected chi connectivity index (χ0v) is 30.8. The van der Waals surface area contributed by atoms with E-state index in [4.69, 9.17) is 0 Å². The maximum absolute atomic E-state index is 2.42. The maximum Gasteiger partial charge on any atom is 0.0541 e. The summed E-state index contributed by atoms with van der Waals surface area (Å²) in [5.74, 6) is 0. The largest absolute Gasteiger partial charge is 0.309 e. The molecule has 0 spiro atoms. The van der Waals surface area contributed by atoms with E-state index in [9.17, 15) is 0 Å². The number of anilines is 3. The van der Waals surface area contributed by atoms with Gasteiger partial charge in [-0.2, -0.15) is 0 Å². The number of rotatable bonds is 8. The molecular weight excluding hydrogens is 677 g/mol. The second-order valence-corrected chi connectivity index (χ2v) is 14.1. The van der Waals surface area contributed by atoms with Crippen molar-refractivity contribution >= 4 is 38.9 Å². The summed E-state index contributed by atoms with van der Waals surface area (Å²) >= 11 is 0. The summed E-state index contributed by atoms with van der Waals surface area (Å²) in [6, 6.07) is 83.0. The van der Waals surface area contributed by atoms with Crippen LogP contribution in [0.5, 0.6) is 0 Å². The molecular formula is C54H38N2. The summed E-state index contributed by atoms with van der Waals surface area (Å²) in [4.78, 5) is 2.42. The molecule has 0 radical (unpaired) electrons. The number of hydrogen-bond acceptors (Lipinski definition) is 1. The molecule has 0 aliphatic rings. The lowest BCUT2D eigenvalue weighted by Gasteiger charge is -2.30. The lowest BCUT2D eigenvalue weighted by molar-refractivity contribution is 1.18. The van der Waals surface area contributed by atoms with Crippen LogP contribution in [0.15, 0.2) is 231 Å². The van der Waals surface area contributed by atoms with Crippen molar-refractivity contribution in [3.05, 3.63) is 231 Å². The Morgan fingerprint density at radius 2 is 0.625 bits per heavy atom. The lowest BCUT2D eigenvalue weighted by Crippen LogP contribution is -2.12. The molecule has 0 atom stereocenters. The Morgan fingerprint density at radius 3 is 1.14 bits per heavy atom. The number of fused-ring (bicyclic) bond motifs is 3. The van der Waals surface area contributed by atoms with Gasteiger partial charge in [0.25, 0.3) is 0 Å². The van der Waals surface area contributed by atoms with Gasteiger partial charge in [-0.05, 0) is 81.9 Å². The molecule has 0 fully saturated rings. The standard InChI is InChI=1S/C54H38N2/c1-3-17-39(18-4-1)45-21-7-8-22-46(45)41-31-35-43(36-32-41)55(51-27-13-9-23-47(51)40-19-5-2-6-20-40)52-28-14-10-24-48(52)42-33-37-44(38-34-42)56-53-29-15-11-25-49(53)50-26-12-16-30-54(50)56/h1-38H. The first kappa shape index (κ1) is 33.2. The zero-order chi connectivity index (χ0) is 37.3. The van der Waals surface area contributed by atoms with E-state index < -0.39 is 0 Å². The summed E-state index contributed by atoms with van der Waals surface area (Å²) in [5, 5.41) is 2.53. The van der Waals surface area contributed by atoms with Crippen LogP contribution >= 0.6 is 0 Å². The van der Waals surface area contributed by atoms with Crippen LogP contribution in [0.1, 0.15) is 0 Å². The van der Waals surface area contributed by atoms with Gasteiger partial charge in [-0.25, -0.2) is 0 Å². The van der Waals surface area contributed by atoms with Crippen molar-refractivity contribution in [3.8, 4) is 50.2 Å². The first-order valence-electron chi connectivity index (χ1n) is 19.2. The average Bonchev–Trinajstić information content (AvgIpc) is 3.62. The van der Waals surface area contributed by atoms with Crippen molar-refractivity contribution in [3.63, 3.8) is 0 Å². The number of benzene rings is 9. The van der Waals surface area contributed by atoms with E-state index in [1.807, 2.05) is 0 Å². The van der Waals surface area contributed by atoms with Crippen molar-refractivity contribution in [1.82, 2.24) is 4.57 Å². The molecule has 0 N–H and O–H groups in total. The third-order valence-electron chi connectivity index (χ3n) is 10.8. The quantitative estimate of drug-likeness (QED) is 0.152. The van der Waals surface area contributed by atoms with Gasteiger partial charge in [0.2, 0.25) is 0 Å². The van der Waals surface area contributed by atoms with Gasteiger partial charge >= 0.3 is 0 Å². The summed E-state index contributed by atoms with van der Waals surface area (Å²) in [7, 11) is 0. The first-order valence-corrected chi connectivity index (χ1v) is 19.2. The second kappa shape index (κ2) is 14.4. The average molecular weight is 715 g/mol. The molecule has 1 aromatic heterocycles. The lowest BCUT2D eigenvalue weighted by atomic mass is 9.94. The smallest absolute Gasteiger partial charge is 0.0541 e. The highest BCUT2D eigenvalue weighted by molar-refractivity contribution is 6.09. The maximum atomic E-state index is 2.42. The van der Waals surface area contributed by atoms with Crippen molar-refractivity contribution in [2.45, 2.75) is 0 Å². The van der Waals surface area contributed by atoms with Gasteiger partial charge in [0.05, 0.1) is 22.4 Å². The Labute approximate surface area is 327 Å². The monoisotopic (exact) mass is 714 g/mol. The highest BCUT2D eigenvalue weighted by Gasteiger charge is 2.21. The molecule has 0 unspecified atom stereocenters. The van der Waals surface area contributed by atoms with E-state index in [1.54, 1.807) is 0 Å². The van der Waals surface area contributed by atoms with Gasteiger partial charge in [0.15, 0.2) is 0 Å². The van der Waals surface area contributed by atoms with Crippen molar-refractivity contribution in [1.29, 1.82) is 0 Å². The summed E-state index contributed by atoms with van der Waals surface area (Å²) < 4.78 is 2.38. The third-order valence-corrected chi connectivity index (χ3v) is 10.8. The normalized spacial score (nSPS) is 11.2. The summed E-state index contributed by atoms with van der Waals surface area (Å²) in [6.07, 6.45) is 0. The Bertz CT molecular complexity index is 2890. The molecule has 0 bridgehead atoms. The van der Waals surface area contributed by atoms with Crippen LogP contribution in [0, 0.1) is 0 Å². The van der Waals surface area contributed by atoms with Crippen molar-refractivity contribution in [2.24, 2.45) is 0 Å². The molecule has 2 nitrogen and oxygen atoms in total. The van der Waals surface area contributed by atoms with Gasteiger partial charge in [-0.15, -0.1) is 0 Å². The minimum absolute atomic E-state index is 1.09. The molecule has 264 valence electrons. The zero-order valence-electron chi connectivity index (χ0n) is 30.8. The Morgan fingerprint density at radius 1 is 0.268 bits per heavy atom. The second-order valence-electron chi connectivity index (χ2n) is 14.1. The number of aromatic nitrogens is 1. The fraction of sp³-hybridized carbons (Fsp3) is 0. The Balaban J connectivity index is 1.11. The van der Waals surface area contributed by atoms with Gasteiger partial charge in [-0.3, -0.25) is 0 Å². The van der Waals surface area contributed by atoms with Gasteiger partial charge in [-0.1, -0.05) is 182 Å². The molecule has 9 aromatic carbocycles. The van der Waals surface area contributed by atoms with E-state index in [1.165, 1.54) is 55.2 Å². The van der Waals surface area contributed by atoms with E-state index in [-0.39, 0.29) is 0 Å². The number of para-hydroxylation sites is 4. The van der Waals surface area contributed by atoms with Crippen LogP contribution in [-0.4, -0.2) is 4.57 Å². The molecule has 56 heavy (non-hydrogen) atoms. The van der Waals surface area contributed by atoms with Crippen LogP contribution in [0.25, 0.3) is 72.0 Å². The molecule has 0 saturated heterocycles. The minimum atomic E-state index is 1.09. The van der Waals surface area contributed by atoms with Crippen molar-refractivity contribution < 1.29 is 0 Å². The van der Waals surface area contributed by atoms with Gasteiger partial charge in [0.1, 0.15) is 0 Å². The molecule has 2 heteroatoms. The molecule has 0 aliphatic heterocycles. The third kappa shape index (κ3) is 5.95. The number of nitrogens with zero attached hydrogens (tertiary/aromatic N) is 2. The van der Waals surface area contributed by atoms with Crippen LogP contribution in [0.4, 0.5) is 17.1 Å². The highest BCUT2D eigenvalue weighted by Crippen LogP contribution is 2.45. The first-order chi connectivity index (χ1) is 27.8. The topological polar surface area (TPSA) is 8.17 Å². The van der Waals surface area contributed by atoms with Crippen LogP contribution in [0.3, 0.4) is 0 Å².